The summed E-state index contributed by atoms with van der Waals surface area (Å²) in [5.74, 6) is 2.80. The Hall–Kier alpha value is -3.11. The Bertz CT molecular complexity index is 1430. The molecule has 4 aromatic rings. The van der Waals surface area contributed by atoms with Gasteiger partial charge in [-0.15, -0.1) is 11.3 Å². The predicted molar refractivity (Wildman–Crippen MR) is 152 cm³/mol. The van der Waals surface area contributed by atoms with E-state index in [2.05, 4.69) is 56.9 Å². The number of hydrogen-bond donors (Lipinski definition) is 1. The molecular formula is C29H34N6O2S. The van der Waals surface area contributed by atoms with Gasteiger partial charge in [0, 0.05) is 42.4 Å². The standard InChI is InChI=1S/C29H34N6O2S/c1-18-13-22(6-8-24(18)37-23-7-5-20(3)30-14-23)33-28-27-26-19(2)15-35(21(4)34-9-11-36-12-10-34)16-25(26)38-29(27)32-17-31-28/h5-8,13-14,17,19,21H,9-12,15-16H2,1-4H3,(H,31,32,33)/t19-,21?/m1/s1. The van der Waals surface area contributed by atoms with Crippen molar-refractivity contribution in [2.24, 2.45) is 0 Å². The predicted octanol–water partition coefficient (Wildman–Crippen LogP) is 5.84. The molecule has 6 rings (SSSR count). The molecule has 5 heterocycles. The molecular weight excluding hydrogens is 496 g/mol. The molecule has 2 aliphatic heterocycles. The lowest BCUT2D eigenvalue weighted by atomic mass is 9.94. The number of fused-ring (bicyclic) bond motifs is 3. The fourth-order valence-corrected chi connectivity index (χ4v) is 6.80. The highest BCUT2D eigenvalue weighted by Gasteiger charge is 2.33. The van der Waals surface area contributed by atoms with Gasteiger partial charge in [0.2, 0.25) is 0 Å². The molecule has 0 amide bonds. The van der Waals surface area contributed by atoms with Crippen molar-refractivity contribution in [3.05, 3.63) is 64.6 Å². The largest absolute Gasteiger partial charge is 0.455 e. The van der Waals surface area contributed by atoms with Gasteiger partial charge in [-0.25, -0.2) is 9.97 Å². The minimum absolute atomic E-state index is 0.391. The van der Waals surface area contributed by atoms with Gasteiger partial charge in [0.05, 0.1) is 31.0 Å². The van der Waals surface area contributed by atoms with Gasteiger partial charge >= 0.3 is 0 Å². The molecule has 38 heavy (non-hydrogen) atoms. The Balaban J connectivity index is 1.24. The Kier molecular flexibility index (Phi) is 7.01. The maximum absolute atomic E-state index is 6.06. The molecule has 1 fully saturated rings. The first kappa shape index (κ1) is 25.2. The average Bonchev–Trinajstić information content (AvgIpc) is 3.31. The summed E-state index contributed by atoms with van der Waals surface area (Å²) in [7, 11) is 0. The SMILES string of the molecule is Cc1ccc(Oc2ccc(Nc3ncnc4sc5c(c34)[C@H](C)CN(C(C)N3CCOCC3)C5)cc2C)cn1. The number of morpholine rings is 1. The second-order valence-electron chi connectivity index (χ2n) is 10.3. The first-order valence-corrected chi connectivity index (χ1v) is 14.1. The molecule has 1 saturated heterocycles. The number of nitrogens with one attached hydrogen (secondary N) is 1. The third-order valence-electron chi connectivity index (χ3n) is 7.60. The summed E-state index contributed by atoms with van der Waals surface area (Å²) in [5, 5.41) is 4.74. The van der Waals surface area contributed by atoms with Gasteiger partial charge in [-0.1, -0.05) is 6.92 Å². The quantitative estimate of drug-likeness (QED) is 0.333. The van der Waals surface area contributed by atoms with Crippen LogP contribution in [0.2, 0.25) is 0 Å². The molecule has 198 valence electrons. The fraction of sp³-hybridized carbons (Fsp3) is 0.414. The van der Waals surface area contributed by atoms with Gasteiger partial charge in [0.25, 0.3) is 0 Å². The van der Waals surface area contributed by atoms with Crippen molar-refractivity contribution in [3.63, 3.8) is 0 Å². The molecule has 8 nitrogen and oxygen atoms in total. The summed E-state index contributed by atoms with van der Waals surface area (Å²) in [6.45, 7) is 14.3. The van der Waals surface area contributed by atoms with Gasteiger partial charge in [0.1, 0.15) is 28.5 Å². The van der Waals surface area contributed by atoms with Gasteiger partial charge in [-0.2, -0.15) is 0 Å². The molecule has 0 aliphatic carbocycles. The van der Waals surface area contributed by atoms with E-state index in [0.29, 0.717) is 12.1 Å². The molecule has 1 aromatic carbocycles. The lowest BCUT2D eigenvalue weighted by Gasteiger charge is -2.42. The Morgan fingerprint density at radius 1 is 1.08 bits per heavy atom. The minimum Gasteiger partial charge on any atom is -0.455 e. The van der Waals surface area contributed by atoms with E-state index in [0.717, 1.165) is 83.9 Å². The summed E-state index contributed by atoms with van der Waals surface area (Å²) in [4.78, 5) is 21.2. The number of thiophene rings is 1. The Morgan fingerprint density at radius 2 is 1.92 bits per heavy atom. The van der Waals surface area contributed by atoms with Crippen LogP contribution in [0.25, 0.3) is 10.2 Å². The van der Waals surface area contributed by atoms with Crippen molar-refractivity contribution in [2.75, 3.05) is 38.2 Å². The second kappa shape index (κ2) is 10.6. The van der Waals surface area contributed by atoms with Crippen molar-refractivity contribution in [1.82, 2.24) is 24.8 Å². The van der Waals surface area contributed by atoms with E-state index in [-0.39, 0.29) is 0 Å². The first-order valence-electron chi connectivity index (χ1n) is 13.3. The fourth-order valence-electron chi connectivity index (χ4n) is 5.51. The highest BCUT2D eigenvalue weighted by Crippen LogP contribution is 2.43. The van der Waals surface area contributed by atoms with E-state index in [4.69, 9.17) is 9.47 Å². The summed E-state index contributed by atoms with van der Waals surface area (Å²) in [6.07, 6.45) is 3.81. The number of anilines is 2. The van der Waals surface area contributed by atoms with Crippen LogP contribution in [0, 0.1) is 13.8 Å². The second-order valence-corrected chi connectivity index (χ2v) is 11.4. The number of benzene rings is 1. The van der Waals surface area contributed by atoms with Gasteiger partial charge in [-0.05, 0) is 68.1 Å². The van der Waals surface area contributed by atoms with E-state index in [1.54, 1.807) is 23.9 Å². The number of rotatable bonds is 6. The van der Waals surface area contributed by atoms with Gasteiger partial charge in [0.15, 0.2) is 0 Å². The normalized spacial score (nSPS) is 19.3. The molecule has 3 aromatic heterocycles. The molecule has 0 saturated carbocycles. The topological polar surface area (TPSA) is 75.6 Å². The zero-order valence-corrected chi connectivity index (χ0v) is 23.2. The van der Waals surface area contributed by atoms with Crippen LogP contribution in [0.5, 0.6) is 11.5 Å². The van der Waals surface area contributed by atoms with E-state index in [9.17, 15) is 0 Å². The molecule has 0 bridgehead atoms. The highest BCUT2D eigenvalue weighted by molar-refractivity contribution is 7.19. The van der Waals surface area contributed by atoms with Gasteiger partial charge in [-0.3, -0.25) is 14.8 Å². The third-order valence-corrected chi connectivity index (χ3v) is 8.70. The first-order chi connectivity index (χ1) is 18.5. The van der Waals surface area contributed by atoms with E-state index >= 15 is 0 Å². The summed E-state index contributed by atoms with van der Waals surface area (Å²) in [5.41, 5.74) is 4.37. The Morgan fingerprint density at radius 3 is 2.68 bits per heavy atom. The monoisotopic (exact) mass is 530 g/mol. The number of ether oxygens (including phenoxy) is 2. The van der Waals surface area contributed by atoms with Gasteiger partial charge < -0.3 is 14.8 Å². The van der Waals surface area contributed by atoms with Crippen LogP contribution in [0.15, 0.2) is 42.9 Å². The van der Waals surface area contributed by atoms with Crippen LogP contribution in [-0.2, 0) is 11.3 Å². The zero-order valence-electron chi connectivity index (χ0n) is 22.4. The van der Waals surface area contributed by atoms with Crippen molar-refractivity contribution in [3.8, 4) is 11.5 Å². The molecule has 1 N–H and O–H groups in total. The number of aromatic nitrogens is 3. The summed E-state index contributed by atoms with van der Waals surface area (Å²) in [6, 6.07) is 10.0. The van der Waals surface area contributed by atoms with Crippen LogP contribution >= 0.6 is 11.3 Å². The van der Waals surface area contributed by atoms with Crippen molar-refractivity contribution in [2.45, 2.75) is 46.3 Å². The number of nitrogens with zero attached hydrogens (tertiary/aromatic N) is 5. The summed E-state index contributed by atoms with van der Waals surface area (Å²) >= 11 is 1.80. The van der Waals surface area contributed by atoms with E-state index < -0.39 is 0 Å². The Labute approximate surface area is 227 Å². The molecule has 0 radical (unpaired) electrons. The van der Waals surface area contributed by atoms with Crippen LogP contribution < -0.4 is 10.1 Å². The van der Waals surface area contributed by atoms with Crippen LogP contribution in [0.4, 0.5) is 11.5 Å². The maximum Gasteiger partial charge on any atom is 0.145 e. The minimum atomic E-state index is 0.391. The smallest absolute Gasteiger partial charge is 0.145 e. The molecule has 2 aliphatic rings. The molecule has 9 heteroatoms. The van der Waals surface area contributed by atoms with Crippen LogP contribution in [0.3, 0.4) is 0 Å². The number of pyridine rings is 1. The number of aryl methyl sites for hydroxylation is 2. The van der Waals surface area contributed by atoms with Crippen LogP contribution in [0.1, 0.15) is 41.5 Å². The van der Waals surface area contributed by atoms with Crippen molar-refractivity contribution >= 4 is 33.1 Å². The lowest BCUT2D eigenvalue weighted by molar-refractivity contribution is -0.0322. The summed E-state index contributed by atoms with van der Waals surface area (Å²) < 4.78 is 11.6. The number of hydrogen-bond acceptors (Lipinski definition) is 9. The third kappa shape index (κ3) is 4.99. The molecule has 1 unspecified atom stereocenters. The average molecular weight is 531 g/mol. The van der Waals surface area contributed by atoms with E-state index in [1.807, 2.05) is 31.2 Å². The van der Waals surface area contributed by atoms with Crippen molar-refractivity contribution in [1.29, 1.82) is 0 Å². The zero-order chi connectivity index (χ0) is 26.2. The molecule has 0 spiro atoms. The molecule has 2 atom stereocenters. The van der Waals surface area contributed by atoms with E-state index in [1.165, 1.54) is 10.4 Å². The highest BCUT2D eigenvalue weighted by atomic mass is 32.1. The van der Waals surface area contributed by atoms with Crippen LogP contribution in [-0.4, -0.2) is 63.8 Å². The maximum atomic E-state index is 6.06. The lowest BCUT2D eigenvalue weighted by Crippen LogP contribution is -2.52. The van der Waals surface area contributed by atoms with Crippen molar-refractivity contribution < 1.29 is 9.47 Å².